The van der Waals surface area contributed by atoms with Crippen LogP contribution < -0.4 is 0 Å². The lowest BCUT2D eigenvalue weighted by Gasteiger charge is -2.00. The van der Waals surface area contributed by atoms with Gasteiger partial charge in [-0.05, 0) is 6.42 Å². The van der Waals surface area contributed by atoms with Gasteiger partial charge in [0.15, 0.2) is 0 Å². The van der Waals surface area contributed by atoms with Crippen LogP contribution in [0.1, 0.15) is 13.3 Å². The van der Waals surface area contributed by atoms with Gasteiger partial charge in [0.2, 0.25) is 0 Å². The van der Waals surface area contributed by atoms with Gasteiger partial charge in [0.05, 0.1) is 10.1 Å². The molecule has 0 aliphatic carbocycles. The molecule has 0 bridgehead atoms. The highest BCUT2D eigenvalue weighted by Crippen LogP contribution is 1.83. The summed E-state index contributed by atoms with van der Waals surface area (Å²) in [5.74, 6) is -0.243. The molecule has 0 saturated carbocycles. The van der Waals surface area contributed by atoms with E-state index in [0.29, 0.717) is 6.42 Å². The Hall–Kier alpha value is 0.260. The topological polar surface area (TPSA) is 57.2 Å². The largest absolute Gasteiger partial charge is 0.748 e. The van der Waals surface area contributed by atoms with Crippen molar-refractivity contribution in [2.75, 3.05) is 5.75 Å². The molecule has 3 nitrogen and oxygen atoms in total. The molecule has 0 aromatic heterocycles. The minimum Gasteiger partial charge on any atom is -0.748 e. The zero-order valence-electron chi connectivity index (χ0n) is 4.62. The molecule has 8 heavy (non-hydrogen) atoms. The lowest BCUT2D eigenvalue weighted by Crippen LogP contribution is -2.01. The third-order valence-electron chi connectivity index (χ3n) is 0.454. The molecule has 0 aliphatic heterocycles. The first kappa shape index (κ1) is 11.1. The standard InChI is InChI=1S/C3H8O3S.H2S/c1-2-3-7(4,5)6;/h2-3H2,1H3,(H,4,5,6);1H2. The summed E-state index contributed by atoms with van der Waals surface area (Å²) in [5, 5.41) is 0. The Kier molecular flexibility index (Phi) is 5.79. The summed E-state index contributed by atoms with van der Waals surface area (Å²) in [7, 11) is -3.92. The van der Waals surface area contributed by atoms with Crippen LogP contribution in [0.5, 0.6) is 0 Å². The molecule has 0 heterocycles. The highest BCUT2D eigenvalue weighted by molar-refractivity contribution is 7.85. The lowest BCUT2D eigenvalue weighted by molar-refractivity contribution is 0.462. The van der Waals surface area contributed by atoms with Gasteiger partial charge in [0.1, 0.15) is 0 Å². The van der Waals surface area contributed by atoms with Crippen molar-refractivity contribution in [3.8, 4) is 0 Å². The maximum absolute atomic E-state index is 9.68. The first-order valence-electron chi connectivity index (χ1n) is 2.00. The average molecular weight is 158 g/mol. The molecule has 0 N–H and O–H groups in total. The molecule has 0 aromatic rings. The van der Waals surface area contributed by atoms with Gasteiger partial charge in [-0.1, -0.05) is 20.4 Å². The van der Waals surface area contributed by atoms with Crippen molar-refractivity contribution in [3.63, 3.8) is 0 Å². The van der Waals surface area contributed by atoms with Crippen LogP contribution in [0.3, 0.4) is 0 Å². The second-order valence-corrected chi connectivity index (χ2v) is 2.79. The molecule has 0 saturated heterocycles. The highest BCUT2D eigenvalue weighted by Gasteiger charge is 1.86. The van der Waals surface area contributed by atoms with Crippen molar-refractivity contribution >= 4 is 23.6 Å². The molecule has 5 heteroatoms. The molecule has 0 radical (unpaired) electrons. The fourth-order valence-electron chi connectivity index (χ4n) is 0.250. The van der Waals surface area contributed by atoms with Gasteiger partial charge < -0.3 is 4.55 Å². The van der Waals surface area contributed by atoms with E-state index in [1.165, 1.54) is 0 Å². The molecule has 0 aromatic carbocycles. The van der Waals surface area contributed by atoms with Crippen LogP contribution in [-0.4, -0.2) is 18.7 Å². The highest BCUT2D eigenvalue weighted by atomic mass is 32.2. The minimum atomic E-state index is -3.92. The van der Waals surface area contributed by atoms with Crippen molar-refractivity contribution in [1.29, 1.82) is 0 Å². The Bertz CT molecular complexity index is 125. The summed E-state index contributed by atoms with van der Waals surface area (Å²) < 4.78 is 29.0. The summed E-state index contributed by atoms with van der Waals surface area (Å²) in [6.07, 6.45) is 0.409. The summed E-state index contributed by atoms with van der Waals surface area (Å²) in [6.45, 7) is 1.65. The molecule has 0 aliphatic rings. The third kappa shape index (κ3) is 9.54. The molecular weight excluding hydrogens is 148 g/mol. The fourth-order valence-corrected chi connectivity index (χ4v) is 0.750. The van der Waals surface area contributed by atoms with Crippen LogP contribution in [0.25, 0.3) is 0 Å². The Morgan fingerprint density at radius 1 is 1.50 bits per heavy atom. The second kappa shape index (κ2) is 4.17. The summed E-state index contributed by atoms with van der Waals surface area (Å²) in [6, 6.07) is 0. The number of hydrogen-bond donors (Lipinski definition) is 0. The van der Waals surface area contributed by atoms with Crippen molar-refractivity contribution in [2.24, 2.45) is 0 Å². The van der Waals surface area contributed by atoms with Crippen LogP contribution in [0.15, 0.2) is 0 Å². The maximum atomic E-state index is 9.68. The van der Waals surface area contributed by atoms with Crippen molar-refractivity contribution in [3.05, 3.63) is 0 Å². The SMILES string of the molecule is CCCS(=O)(=O)[O-].[SH3+]. The van der Waals surface area contributed by atoms with Crippen LogP contribution in [0.2, 0.25) is 0 Å². The van der Waals surface area contributed by atoms with Crippen molar-refractivity contribution in [2.45, 2.75) is 13.3 Å². The van der Waals surface area contributed by atoms with Crippen molar-refractivity contribution < 1.29 is 13.0 Å². The van der Waals surface area contributed by atoms with E-state index < -0.39 is 10.1 Å². The molecule has 52 valence electrons. The van der Waals surface area contributed by atoms with Gasteiger partial charge >= 0.3 is 0 Å². The minimum absolute atomic E-state index is 0. The Balaban J connectivity index is 0. The molecular formula is C3H10O3S2. The molecule has 0 amide bonds. The number of rotatable bonds is 2. The smallest absolute Gasteiger partial charge is 0.0945 e. The van der Waals surface area contributed by atoms with Gasteiger partial charge in [0, 0.05) is 5.75 Å². The fraction of sp³-hybridized carbons (Fsp3) is 1.00. The molecule has 0 spiro atoms. The van der Waals surface area contributed by atoms with E-state index in [0.717, 1.165) is 0 Å². The van der Waals surface area contributed by atoms with E-state index >= 15 is 0 Å². The molecule has 0 fully saturated rings. The zero-order chi connectivity index (χ0) is 5.91. The second-order valence-electron chi connectivity index (χ2n) is 1.26. The van der Waals surface area contributed by atoms with Gasteiger partial charge in [-0.25, -0.2) is 8.42 Å². The van der Waals surface area contributed by atoms with Gasteiger partial charge in [0.25, 0.3) is 0 Å². The lowest BCUT2D eigenvalue weighted by atomic mass is 10.6. The van der Waals surface area contributed by atoms with E-state index in [-0.39, 0.29) is 19.2 Å². The maximum Gasteiger partial charge on any atom is 0.0945 e. The van der Waals surface area contributed by atoms with Gasteiger partial charge in [-0.2, -0.15) is 0 Å². The van der Waals surface area contributed by atoms with Crippen LogP contribution >= 0.6 is 0 Å². The van der Waals surface area contributed by atoms with E-state index in [1.54, 1.807) is 6.92 Å². The van der Waals surface area contributed by atoms with Crippen LogP contribution in [-0.2, 0) is 23.6 Å². The third-order valence-corrected chi connectivity index (χ3v) is 1.36. The Morgan fingerprint density at radius 3 is 1.88 bits per heavy atom. The van der Waals surface area contributed by atoms with Crippen molar-refractivity contribution in [1.82, 2.24) is 0 Å². The first-order chi connectivity index (χ1) is 3.06. The van der Waals surface area contributed by atoms with E-state index in [2.05, 4.69) is 0 Å². The predicted octanol–water partition coefficient (Wildman–Crippen LogP) is -0.864. The van der Waals surface area contributed by atoms with Crippen LogP contribution in [0.4, 0.5) is 0 Å². The molecule has 0 rings (SSSR count). The Morgan fingerprint density at radius 2 is 1.88 bits per heavy atom. The summed E-state index contributed by atoms with van der Waals surface area (Å²) >= 11 is 0. The predicted molar refractivity (Wildman–Crippen MR) is 36.4 cm³/mol. The Labute approximate surface area is 56.3 Å². The van der Waals surface area contributed by atoms with Gasteiger partial charge in [-0.3, -0.25) is 0 Å². The quantitative estimate of drug-likeness (QED) is 0.388. The van der Waals surface area contributed by atoms with Crippen LogP contribution in [0, 0.1) is 0 Å². The first-order valence-corrected chi connectivity index (χ1v) is 3.57. The normalized spacial score (nSPS) is 10.2. The zero-order valence-corrected chi connectivity index (χ0v) is 6.60. The van der Waals surface area contributed by atoms with E-state index in [1.807, 2.05) is 0 Å². The summed E-state index contributed by atoms with van der Waals surface area (Å²) in [5.41, 5.74) is 0. The number of hydrogen-bond acceptors (Lipinski definition) is 3. The monoisotopic (exact) mass is 158 g/mol. The summed E-state index contributed by atoms with van der Waals surface area (Å²) in [4.78, 5) is 0. The molecule has 0 atom stereocenters. The van der Waals surface area contributed by atoms with E-state index in [9.17, 15) is 13.0 Å². The average Bonchev–Trinajstić information content (AvgIpc) is 1.30. The molecule has 0 unspecified atom stereocenters. The van der Waals surface area contributed by atoms with Gasteiger partial charge in [-0.15, -0.1) is 0 Å². The van der Waals surface area contributed by atoms with E-state index in [4.69, 9.17) is 0 Å².